The maximum atomic E-state index is 13.2. The van der Waals surface area contributed by atoms with Crippen molar-refractivity contribution in [3.8, 4) is 0 Å². The fraction of sp³-hybridized carbons (Fsp3) is 0.333. The van der Waals surface area contributed by atoms with Gasteiger partial charge in [-0.15, -0.1) is 11.3 Å². The number of morpholine rings is 1. The number of aromatic nitrogens is 1. The van der Waals surface area contributed by atoms with E-state index in [9.17, 15) is 4.79 Å². The molecule has 2 atom stereocenters. The second-order valence-electron chi connectivity index (χ2n) is 7.84. The smallest absolute Gasteiger partial charge is 0.238 e. The summed E-state index contributed by atoms with van der Waals surface area (Å²) in [6.45, 7) is 6.76. The largest absolute Gasteiger partial charge is 0.373 e. The third-order valence-electron chi connectivity index (χ3n) is 5.19. The van der Waals surface area contributed by atoms with Crippen molar-refractivity contribution < 1.29 is 9.53 Å². The van der Waals surface area contributed by atoms with Crippen molar-refractivity contribution in [2.75, 3.05) is 18.4 Å². The van der Waals surface area contributed by atoms with Crippen molar-refractivity contribution in [2.45, 2.75) is 38.5 Å². The van der Waals surface area contributed by atoms with E-state index in [1.54, 1.807) is 0 Å². The van der Waals surface area contributed by atoms with Gasteiger partial charge in [0.1, 0.15) is 0 Å². The van der Waals surface area contributed by atoms with E-state index in [1.165, 1.54) is 11.3 Å². The van der Waals surface area contributed by atoms with Gasteiger partial charge in [-0.3, -0.25) is 9.69 Å². The molecule has 1 aliphatic rings. The molecule has 30 heavy (non-hydrogen) atoms. The molecule has 2 heterocycles. The number of carbonyl (C=O) groups is 1. The number of rotatable bonds is 6. The summed E-state index contributed by atoms with van der Waals surface area (Å²) in [4.78, 5) is 20.3. The zero-order chi connectivity index (χ0) is 20.9. The molecule has 0 saturated carbocycles. The second-order valence-corrected chi connectivity index (χ2v) is 8.70. The molecule has 2 aromatic carbocycles. The predicted octanol–water partition coefficient (Wildman–Crippen LogP) is 4.52. The quantitative estimate of drug-likeness (QED) is 0.636. The Morgan fingerprint density at radius 2 is 1.63 bits per heavy atom. The van der Waals surface area contributed by atoms with Crippen LogP contribution in [0.3, 0.4) is 0 Å². The van der Waals surface area contributed by atoms with Gasteiger partial charge in [-0.1, -0.05) is 60.7 Å². The summed E-state index contributed by atoms with van der Waals surface area (Å²) in [5, 5.41) is 5.71. The van der Waals surface area contributed by atoms with Gasteiger partial charge in [0.05, 0.1) is 23.8 Å². The number of hydrogen-bond acceptors (Lipinski definition) is 5. The first-order chi connectivity index (χ1) is 14.6. The van der Waals surface area contributed by atoms with Gasteiger partial charge in [0, 0.05) is 25.0 Å². The molecule has 0 radical (unpaired) electrons. The lowest BCUT2D eigenvalue weighted by atomic mass is 9.90. The first kappa shape index (κ1) is 20.7. The Morgan fingerprint density at radius 3 is 2.20 bits per heavy atom. The first-order valence-electron chi connectivity index (χ1n) is 10.3. The minimum atomic E-state index is -0.374. The fourth-order valence-corrected chi connectivity index (χ4v) is 4.75. The Kier molecular flexibility index (Phi) is 6.57. The highest BCUT2D eigenvalue weighted by Gasteiger charge is 2.25. The number of nitrogens with one attached hydrogen (secondary N) is 1. The molecule has 5 nitrogen and oxygen atoms in total. The molecular weight excluding hydrogens is 394 g/mol. The van der Waals surface area contributed by atoms with Crippen LogP contribution in [0.15, 0.2) is 66.0 Å². The number of hydrogen-bond donors (Lipinski definition) is 1. The highest BCUT2D eigenvalue weighted by molar-refractivity contribution is 7.13. The topological polar surface area (TPSA) is 54.5 Å². The van der Waals surface area contributed by atoms with Gasteiger partial charge in [-0.2, -0.15) is 0 Å². The lowest BCUT2D eigenvalue weighted by Crippen LogP contribution is -2.44. The molecule has 3 aromatic rings. The summed E-state index contributed by atoms with van der Waals surface area (Å²) in [5.41, 5.74) is 2.91. The Morgan fingerprint density at radius 1 is 1.07 bits per heavy atom. The van der Waals surface area contributed by atoms with Crippen molar-refractivity contribution in [1.29, 1.82) is 0 Å². The number of anilines is 1. The van der Waals surface area contributed by atoms with Crippen LogP contribution in [0.2, 0.25) is 0 Å². The lowest BCUT2D eigenvalue weighted by molar-refractivity contribution is -0.116. The Labute approximate surface area is 181 Å². The number of nitrogens with zero attached hydrogens (tertiary/aromatic N) is 2. The van der Waals surface area contributed by atoms with Crippen LogP contribution in [0, 0.1) is 0 Å². The van der Waals surface area contributed by atoms with Crippen molar-refractivity contribution in [2.24, 2.45) is 0 Å². The van der Waals surface area contributed by atoms with E-state index in [0.717, 1.165) is 36.5 Å². The Balaban J connectivity index is 1.47. The summed E-state index contributed by atoms with van der Waals surface area (Å²) in [6, 6.07) is 19.7. The van der Waals surface area contributed by atoms with Crippen LogP contribution in [0.5, 0.6) is 0 Å². The van der Waals surface area contributed by atoms with Crippen molar-refractivity contribution in [3.63, 3.8) is 0 Å². The van der Waals surface area contributed by atoms with Crippen molar-refractivity contribution in [1.82, 2.24) is 9.88 Å². The van der Waals surface area contributed by atoms with Crippen LogP contribution in [0.1, 0.15) is 36.6 Å². The summed E-state index contributed by atoms with van der Waals surface area (Å²) < 4.78 is 5.81. The lowest BCUT2D eigenvalue weighted by Gasteiger charge is -2.34. The highest BCUT2D eigenvalue weighted by Crippen LogP contribution is 2.27. The minimum Gasteiger partial charge on any atom is -0.373 e. The number of ether oxygens (including phenoxy) is 1. The van der Waals surface area contributed by atoms with Gasteiger partial charge in [0.2, 0.25) is 5.91 Å². The molecule has 1 aliphatic heterocycles. The summed E-state index contributed by atoms with van der Waals surface area (Å²) in [7, 11) is 0. The zero-order valence-electron chi connectivity index (χ0n) is 17.3. The SMILES string of the molecule is C[C@H]1CN(Cc2csc(NC(=O)C(c3ccccc3)c3ccccc3)n2)C[C@H](C)O1. The second kappa shape index (κ2) is 9.51. The standard InChI is InChI=1S/C24H27N3O2S/c1-17-13-27(14-18(2)29-17)15-21-16-30-24(25-21)26-23(28)22(19-9-5-3-6-10-19)20-11-7-4-8-12-20/h3-12,16-18,22H,13-15H2,1-2H3,(H,25,26,28)/t17-,18-/m0/s1. The molecule has 1 amide bonds. The summed E-state index contributed by atoms with van der Waals surface area (Å²) >= 11 is 1.47. The molecule has 0 unspecified atom stereocenters. The molecule has 156 valence electrons. The summed E-state index contributed by atoms with van der Waals surface area (Å²) in [5.74, 6) is -0.442. The van der Waals surface area contributed by atoms with Gasteiger partial charge in [-0.25, -0.2) is 4.98 Å². The van der Waals surface area contributed by atoms with E-state index in [4.69, 9.17) is 4.74 Å². The van der Waals surface area contributed by atoms with E-state index in [1.807, 2.05) is 66.0 Å². The third-order valence-corrected chi connectivity index (χ3v) is 6.00. The van der Waals surface area contributed by atoms with Crippen LogP contribution in [-0.2, 0) is 16.1 Å². The molecule has 1 saturated heterocycles. The average Bonchev–Trinajstić information content (AvgIpc) is 3.15. The van der Waals surface area contributed by atoms with Crippen LogP contribution >= 0.6 is 11.3 Å². The Hall–Kier alpha value is -2.54. The molecule has 4 rings (SSSR count). The zero-order valence-corrected chi connectivity index (χ0v) is 18.1. The van der Waals surface area contributed by atoms with Gasteiger partial charge in [0.15, 0.2) is 5.13 Å². The fourth-order valence-electron chi connectivity index (χ4n) is 4.04. The van der Waals surface area contributed by atoms with E-state index in [2.05, 4.69) is 29.0 Å². The number of thiazole rings is 1. The molecular formula is C24H27N3O2S. The van der Waals surface area contributed by atoms with Gasteiger partial charge in [0.25, 0.3) is 0 Å². The Bertz CT molecular complexity index is 911. The third kappa shape index (κ3) is 5.14. The van der Waals surface area contributed by atoms with Gasteiger partial charge >= 0.3 is 0 Å². The molecule has 0 bridgehead atoms. The molecule has 0 spiro atoms. The highest BCUT2D eigenvalue weighted by atomic mass is 32.1. The van der Waals surface area contributed by atoms with Crippen molar-refractivity contribution in [3.05, 3.63) is 82.9 Å². The predicted molar refractivity (Wildman–Crippen MR) is 121 cm³/mol. The first-order valence-corrected chi connectivity index (χ1v) is 11.2. The maximum absolute atomic E-state index is 13.2. The summed E-state index contributed by atoms with van der Waals surface area (Å²) in [6.07, 6.45) is 0.452. The van der Waals surface area contributed by atoms with Crippen molar-refractivity contribution >= 4 is 22.4 Å². The average molecular weight is 422 g/mol. The minimum absolute atomic E-state index is 0.0677. The van der Waals surface area contributed by atoms with Crippen LogP contribution in [0.25, 0.3) is 0 Å². The van der Waals surface area contributed by atoms with Gasteiger partial charge in [-0.05, 0) is 25.0 Å². The van der Waals surface area contributed by atoms with E-state index < -0.39 is 0 Å². The van der Waals surface area contributed by atoms with E-state index >= 15 is 0 Å². The maximum Gasteiger partial charge on any atom is 0.238 e. The normalized spacial score (nSPS) is 19.7. The molecule has 1 N–H and O–H groups in total. The van der Waals surface area contributed by atoms with Crippen LogP contribution in [-0.4, -0.2) is 41.1 Å². The van der Waals surface area contributed by atoms with Crippen LogP contribution in [0.4, 0.5) is 5.13 Å². The molecule has 6 heteroatoms. The number of carbonyl (C=O) groups excluding carboxylic acids is 1. The van der Waals surface area contributed by atoms with Gasteiger partial charge < -0.3 is 10.1 Å². The molecule has 1 aromatic heterocycles. The van der Waals surface area contributed by atoms with E-state index in [0.29, 0.717) is 5.13 Å². The van der Waals surface area contributed by atoms with E-state index in [-0.39, 0.29) is 24.0 Å². The monoisotopic (exact) mass is 421 g/mol. The molecule has 0 aliphatic carbocycles. The molecule has 1 fully saturated rings. The number of benzene rings is 2. The van der Waals surface area contributed by atoms with Crippen LogP contribution < -0.4 is 5.32 Å². The number of amides is 1.